The van der Waals surface area contributed by atoms with Crippen LogP contribution in [0.3, 0.4) is 0 Å². The van der Waals surface area contributed by atoms with E-state index in [0.717, 1.165) is 22.6 Å². The summed E-state index contributed by atoms with van der Waals surface area (Å²) in [6.45, 7) is 6.44. The number of methoxy groups -OCH3 is 1. The molecule has 1 aliphatic rings. The van der Waals surface area contributed by atoms with Crippen molar-refractivity contribution >= 4 is 22.7 Å². The monoisotopic (exact) mass is 432 g/mol. The molecule has 0 N–H and O–H groups in total. The molecule has 1 saturated heterocycles. The molecule has 9 heteroatoms. The molecule has 0 bridgehead atoms. The highest BCUT2D eigenvalue weighted by Gasteiger charge is 2.26. The van der Waals surface area contributed by atoms with Crippen LogP contribution in [-0.4, -0.2) is 64.1 Å². The summed E-state index contributed by atoms with van der Waals surface area (Å²) in [5, 5.41) is 14.0. The summed E-state index contributed by atoms with van der Waals surface area (Å²) in [6, 6.07) is 13.2. The Balaban J connectivity index is 1.26. The van der Waals surface area contributed by atoms with Gasteiger partial charge in [0.05, 0.1) is 12.8 Å². The number of hydrogen-bond donors (Lipinski definition) is 0. The Kier molecular flexibility index (Phi) is 5.01. The molecule has 0 radical (unpaired) electrons. The number of hydrogen-bond acceptors (Lipinski definition) is 7. The number of aromatic nitrogens is 4. The van der Waals surface area contributed by atoms with Crippen LogP contribution in [0.1, 0.15) is 21.9 Å². The van der Waals surface area contributed by atoms with Gasteiger partial charge in [0.15, 0.2) is 28.7 Å². The summed E-state index contributed by atoms with van der Waals surface area (Å²) in [5.74, 6) is 2.30. The number of fused-ring (bicyclic) bond motifs is 1. The normalized spacial score (nSPS) is 14.2. The largest absolute Gasteiger partial charge is 0.493 e. The van der Waals surface area contributed by atoms with E-state index in [9.17, 15) is 4.79 Å². The maximum absolute atomic E-state index is 13.0. The Hall–Kier alpha value is -3.88. The summed E-state index contributed by atoms with van der Waals surface area (Å²) in [5.41, 5.74) is 2.55. The third-order valence-electron chi connectivity index (χ3n) is 5.69. The van der Waals surface area contributed by atoms with Crippen LogP contribution in [0.2, 0.25) is 0 Å². The lowest BCUT2D eigenvalue weighted by Gasteiger charge is -2.34. The number of furan rings is 1. The Labute approximate surface area is 185 Å². The highest BCUT2D eigenvalue weighted by Crippen LogP contribution is 2.29. The number of anilines is 1. The Morgan fingerprint density at radius 1 is 1.00 bits per heavy atom. The van der Waals surface area contributed by atoms with Gasteiger partial charge in [-0.15, -0.1) is 10.2 Å². The zero-order valence-electron chi connectivity index (χ0n) is 18.3. The molecule has 32 heavy (non-hydrogen) atoms. The second-order valence-electron chi connectivity index (χ2n) is 7.86. The van der Waals surface area contributed by atoms with Crippen molar-refractivity contribution < 1.29 is 13.9 Å². The van der Waals surface area contributed by atoms with Crippen LogP contribution in [-0.2, 0) is 0 Å². The van der Waals surface area contributed by atoms with Crippen molar-refractivity contribution in [1.82, 2.24) is 24.9 Å². The predicted molar refractivity (Wildman–Crippen MR) is 120 cm³/mol. The summed E-state index contributed by atoms with van der Waals surface area (Å²) >= 11 is 0. The highest BCUT2D eigenvalue weighted by molar-refractivity contribution is 5.97. The van der Waals surface area contributed by atoms with Crippen molar-refractivity contribution in [1.29, 1.82) is 0 Å². The smallest absolute Gasteiger partial charge is 0.289 e. The van der Waals surface area contributed by atoms with E-state index in [1.165, 1.54) is 0 Å². The Morgan fingerprint density at radius 3 is 2.41 bits per heavy atom. The van der Waals surface area contributed by atoms with Gasteiger partial charge in [-0.25, -0.2) is 4.68 Å². The fourth-order valence-electron chi connectivity index (χ4n) is 4.06. The molecule has 0 atom stereocenters. The van der Waals surface area contributed by atoms with E-state index in [1.807, 2.05) is 50.2 Å². The number of para-hydroxylation sites is 1. The zero-order chi connectivity index (χ0) is 22.2. The fourth-order valence-corrected chi connectivity index (χ4v) is 4.06. The van der Waals surface area contributed by atoms with Crippen molar-refractivity contribution in [3.63, 3.8) is 0 Å². The van der Waals surface area contributed by atoms with E-state index in [4.69, 9.17) is 9.15 Å². The van der Waals surface area contributed by atoms with Gasteiger partial charge in [0.1, 0.15) is 0 Å². The van der Waals surface area contributed by atoms with Crippen LogP contribution in [0, 0.1) is 13.8 Å². The molecule has 0 saturated carbocycles. The summed E-state index contributed by atoms with van der Waals surface area (Å²) in [4.78, 5) is 16.9. The number of nitrogens with zero attached hydrogens (tertiary/aromatic N) is 6. The first kappa shape index (κ1) is 20.0. The lowest BCUT2D eigenvalue weighted by Crippen LogP contribution is -2.49. The summed E-state index contributed by atoms with van der Waals surface area (Å²) in [6.07, 6.45) is 0. The van der Waals surface area contributed by atoms with Crippen molar-refractivity contribution in [3.8, 4) is 11.6 Å². The first-order valence-corrected chi connectivity index (χ1v) is 10.5. The number of amides is 1. The molecule has 1 aromatic carbocycles. The van der Waals surface area contributed by atoms with Crippen LogP contribution in [0.5, 0.6) is 5.75 Å². The number of benzene rings is 1. The second kappa shape index (κ2) is 7.99. The van der Waals surface area contributed by atoms with E-state index in [0.29, 0.717) is 49.1 Å². The average molecular weight is 432 g/mol. The van der Waals surface area contributed by atoms with Gasteiger partial charge >= 0.3 is 0 Å². The fraction of sp³-hybridized carbons (Fsp3) is 0.304. The van der Waals surface area contributed by atoms with Gasteiger partial charge in [-0.2, -0.15) is 5.10 Å². The third-order valence-corrected chi connectivity index (χ3v) is 5.69. The molecular weight excluding hydrogens is 408 g/mol. The van der Waals surface area contributed by atoms with E-state index in [2.05, 4.69) is 20.2 Å². The summed E-state index contributed by atoms with van der Waals surface area (Å²) in [7, 11) is 1.59. The molecule has 9 nitrogen and oxygen atoms in total. The molecule has 164 valence electrons. The van der Waals surface area contributed by atoms with E-state index < -0.39 is 0 Å². The molecule has 1 aliphatic heterocycles. The maximum atomic E-state index is 13.0. The predicted octanol–water partition coefficient (Wildman–Crippen LogP) is 3.00. The zero-order valence-corrected chi connectivity index (χ0v) is 18.3. The van der Waals surface area contributed by atoms with Crippen LogP contribution in [0.25, 0.3) is 16.8 Å². The molecule has 0 unspecified atom stereocenters. The minimum absolute atomic E-state index is 0.117. The molecule has 1 amide bonds. The van der Waals surface area contributed by atoms with E-state index in [-0.39, 0.29) is 5.91 Å². The van der Waals surface area contributed by atoms with Crippen molar-refractivity contribution in [2.45, 2.75) is 13.8 Å². The topological polar surface area (TPSA) is 89.5 Å². The molecule has 1 fully saturated rings. The van der Waals surface area contributed by atoms with Gasteiger partial charge < -0.3 is 19.0 Å². The Morgan fingerprint density at radius 2 is 1.75 bits per heavy atom. The van der Waals surface area contributed by atoms with Gasteiger partial charge in [0, 0.05) is 37.3 Å². The SMILES string of the molecule is COc1cccc2cc(C(=O)N3CCN(c4ccc(-n5nc(C)cc5C)nn4)CC3)oc12. The number of rotatable bonds is 4. The molecule has 4 heterocycles. The highest BCUT2D eigenvalue weighted by atomic mass is 16.5. The number of piperazine rings is 1. The van der Waals surface area contributed by atoms with E-state index in [1.54, 1.807) is 22.8 Å². The van der Waals surface area contributed by atoms with Gasteiger partial charge in [-0.3, -0.25) is 4.79 Å². The standard InChI is InChI=1S/C23H24N6O3/c1-15-13-16(2)29(26-15)21-8-7-20(24-25-21)27-9-11-28(12-10-27)23(30)19-14-17-5-4-6-18(31-3)22(17)32-19/h4-8,13-14H,9-12H2,1-3H3. The van der Waals surface area contributed by atoms with Gasteiger partial charge in [0.2, 0.25) is 0 Å². The number of carbonyl (C=O) groups is 1. The van der Waals surface area contributed by atoms with Crippen LogP contribution >= 0.6 is 0 Å². The molecule has 0 aliphatic carbocycles. The van der Waals surface area contributed by atoms with Crippen LogP contribution < -0.4 is 9.64 Å². The van der Waals surface area contributed by atoms with E-state index >= 15 is 0 Å². The first-order chi connectivity index (χ1) is 15.5. The molecule has 4 aromatic rings. The molecule has 5 rings (SSSR count). The lowest BCUT2D eigenvalue weighted by atomic mass is 10.2. The minimum atomic E-state index is -0.117. The molecule has 3 aromatic heterocycles. The molecule has 0 spiro atoms. The van der Waals surface area contributed by atoms with Crippen molar-refractivity contribution in [2.75, 3.05) is 38.2 Å². The number of aryl methyl sites for hydroxylation is 2. The third kappa shape index (κ3) is 3.55. The van der Waals surface area contributed by atoms with Crippen LogP contribution in [0.15, 0.2) is 46.9 Å². The van der Waals surface area contributed by atoms with Crippen molar-refractivity contribution in [2.24, 2.45) is 0 Å². The van der Waals surface area contributed by atoms with Gasteiger partial charge in [-0.1, -0.05) is 12.1 Å². The second-order valence-corrected chi connectivity index (χ2v) is 7.86. The van der Waals surface area contributed by atoms with Gasteiger partial charge in [-0.05, 0) is 44.2 Å². The average Bonchev–Trinajstić information content (AvgIpc) is 3.41. The molecular formula is C23H24N6O3. The van der Waals surface area contributed by atoms with Gasteiger partial charge in [0.25, 0.3) is 5.91 Å². The van der Waals surface area contributed by atoms with Crippen LogP contribution in [0.4, 0.5) is 5.82 Å². The number of ether oxygens (including phenoxy) is 1. The minimum Gasteiger partial charge on any atom is -0.493 e. The maximum Gasteiger partial charge on any atom is 0.289 e. The first-order valence-electron chi connectivity index (χ1n) is 10.5. The summed E-state index contributed by atoms with van der Waals surface area (Å²) < 4.78 is 12.9. The quantitative estimate of drug-likeness (QED) is 0.490. The number of carbonyl (C=O) groups excluding carboxylic acids is 1. The lowest BCUT2D eigenvalue weighted by molar-refractivity contribution is 0.0716. The Bertz CT molecular complexity index is 1270. The van der Waals surface area contributed by atoms with Crippen molar-refractivity contribution in [3.05, 3.63) is 59.6 Å².